The zero-order valence-electron chi connectivity index (χ0n) is 12.0. The second-order valence-corrected chi connectivity index (χ2v) is 4.85. The summed E-state index contributed by atoms with van der Waals surface area (Å²) >= 11 is 0. The molecule has 0 heterocycles. The maximum Gasteiger partial charge on any atom is 0.170 e. The number of aliphatic hydroxyl groups is 2. The van der Waals surface area contributed by atoms with Crippen molar-refractivity contribution < 1.29 is 14.9 Å². The van der Waals surface area contributed by atoms with Gasteiger partial charge in [0.25, 0.3) is 0 Å². The third-order valence-corrected chi connectivity index (χ3v) is 3.17. The molecule has 1 aromatic carbocycles. The van der Waals surface area contributed by atoms with Crippen LogP contribution in [-0.2, 0) is 0 Å². The standard InChI is InChI=1S/C16H23NO3/c1-2-3-4-5-6-11-20-14-9-7-13(8-10-14)16(19)15(18)12-17/h7-10,15-16,18-19H,2-6,11H2,1H3. The third-order valence-electron chi connectivity index (χ3n) is 3.17. The van der Waals surface area contributed by atoms with Gasteiger partial charge in [0.2, 0.25) is 0 Å². The first-order chi connectivity index (χ1) is 9.69. The Hall–Kier alpha value is -1.57. The molecule has 4 heteroatoms. The number of hydrogen-bond donors (Lipinski definition) is 2. The van der Waals surface area contributed by atoms with Crippen LogP contribution in [0.2, 0.25) is 0 Å². The summed E-state index contributed by atoms with van der Waals surface area (Å²) in [6.07, 6.45) is 3.39. The van der Waals surface area contributed by atoms with E-state index in [1.165, 1.54) is 25.7 Å². The van der Waals surface area contributed by atoms with Gasteiger partial charge in [-0.1, -0.05) is 44.7 Å². The Morgan fingerprint density at radius 3 is 2.35 bits per heavy atom. The van der Waals surface area contributed by atoms with Crippen LogP contribution in [0.3, 0.4) is 0 Å². The number of nitriles is 1. The molecular weight excluding hydrogens is 254 g/mol. The molecule has 2 atom stereocenters. The van der Waals surface area contributed by atoms with Crippen LogP contribution in [0.1, 0.15) is 50.7 Å². The Bertz CT molecular complexity index is 411. The number of rotatable bonds is 9. The topological polar surface area (TPSA) is 73.5 Å². The van der Waals surface area contributed by atoms with Crippen LogP contribution in [0.15, 0.2) is 24.3 Å². The van der Waals surface area contributed by atoms with Crippen molar-refractivity contribution in [2.75, 3.05) is 6.61 Å². The largest absolute Gasteiger partial charge is 0.494 e. The molecule has 0 aliphatic carbocycles. The summed E-state index contributed by atoms with van der Waals surface area (Å²) in [5, 5.41) is 27.5. The van der Waals surface area contributed by atoms with Gasteiger partial charge in [0.1, 0.15) is 11.9 Å². The van der Waals surface area contributed by atoms with E-state index in [-0.39, 0.29) is 0 Å². The van der Waals surface area contributed by atoms with Gasteiger partial charge >= 0.3 is 0 Å². The highest BCUT2D eigenvalue weighted by molar-refractivity contribution is 5.29. The lowest BCUT2D eigenvalue weighted by Crippen LogP contribution is -2.15. The number of hydrogen-bond acceptors (Lipinski definition) is 4. The number of unbranched alkanes of at least 4 members (excludes halogenated alkanes) is 4. The molecule has 0 saturated carbocycles. The van der Waals surface area contributed by atoms with E-state index in [0.717, 1.165) is 12.2 Å². The van der Waals surface area contributed by atoms with Crippen LogP contribution in [0.4, 0.5) is 0 Å². The van der Waals surface area contributed by atoms with E-state index in [9.17, 15) is 10.2 Å². The van der Waals surface area contributed by atoms with Gasteiger partial charge in [-0.15, -0.1) is 0 Å². The minimum Gasteiger partial charge on any atom is -0.494 e. The van der Waals surface area contributed by atoms with Crippen molar-refractivity contribution in [1.82, 2.24) is 0 Å². The minimum atomic E-state index is -1.40. The predicted molar refractivity (Wildman–Crippen MR) is 77.3 cm³/mol. The third kappa shape index (κ3) is 5.60. The molecular formula is C16H23NO3. The maximum atomic E-state index is 9.66. The molecule has 0 fully saturated rings. The van der Waals surface area contributed by atoms with E-state index < -0.39 is 12.2 Å². The Labute approximate surface area is 120 Å². The molecule has 0 radical (unpaired) electrons. The van der Waals surface area contributed by atoms with Crippen molar-refractivity contribution in [2.24, 2.45) is 0 Å². The molecule has 20 heavy (non-hydrogen) atoms. The molecule has 2 unspecified atom stereocenters. The normalized spacial score (nSPS) is 13.5. The molecule has 0 spiro atoms. The van der Waals surface area contributed by atoms with Crippen molar-refractivity contribution in [1.29, 1.82) is 5.26 Å². The van der Waals surface area contributed by atoms with E-state index >= 15 is 0 Å². The molecule has 1 aromatic rings. The first-order valence-electron chi connectivity index (χ1n) is 7.17. The summed E-state index contributed by atoms with van der Waals surface area (Å²) < 4.78 is 5.60. The maximum absolute atomic E-state index is 9.66. The summed E-state index contributed by atoms with van der Waals surface area (Å²) in [5.74, 6) is 0.739. The van der Waals surface area contributed by atoms with Crippen molar-refractivity contribution in [3.05, 3.63) is 29.8 Å². The van der Waals surface area contributed by atoms with Crippen LogP contribution < -0.4 is 4.74 Å². The van der Waals surface area contributed by atoms with Crippen LogP contribution in [0, 0.1) is 11.3 Å². The minimum absolute atomic E-state index is 0.509. The van der Waals surface area contributed by atoms with E-state index in [1.807, 2.05) is 0 Å². The van der Waals surface area contributed by atoms with Gasteiger partial charge in [-0.2, -0.15) is 5.26 Å². The zero-order valence-corrected chi connectivity index (χ0v) is 12.0. The fourth-order valence-electron chi connectivity index (χ4n) is 1.91. The van der Waals surface area contributed by atoms with Gasteiger partial charge in [0.15, 0.2) is 6.10 Å². The Morgan fingerprint density at radius 1 is 1.10 bits per heavy atom. The average molecular weight is 277 g/mol. The molecule has 0 amide bonds. The van der Waals surface area contributed by atoms with Crippen molar-refractivity contribution in [3.63, 3.8) is 0 Å². The fraction of sp³-hybridized carbons (Fsp3) is 0.562. The summed E-state index contributed by atoms with van der Waals surface area (Å²) in [6.45, 7) is 2.88. The zero-order chi connectivity index (χ0) is 14.8. The lowest BCUT2D eigenvalue weighted by molar-refractivity contribution is 0.0527. The summed E-state index contributed by atoms with van der Waals surface area (Å²) in [7, 11) is 0. The molecule has 0 saturated heterocycles. The predicted octanol–water partition coefficient (Wildman–Crippen LogP) is 2.95. The first-order valence-corrected chi connectivity index (χ1v) is 7.17. The van der Waals surface area contributed by atoms with Crippen molar-refractivity contribution in [3.8, 4) is 11.8 Å². The van der Waals surface area contributed by atoms with Gasteiger partial charge in [-0.3, -0.25) is 0 Å². The van der Waals surface area contributed by atoms with Crippen molar-refractivity contribution >= 4 is 0 Å². The first kappa shape index (κ1) is 16.5. The highest BCUT2D eigenvalue weighted by Crippen LogP contribution is 2.20. The van der Waals surface area contributed by atoms with Gasteiger partial charge in [-0.25, -0.2) is 0 Å². The van der Waals surface area contributed by atoms with Crippen molar-refractivity contribution in [2.45, 2.75) is 51.2 Å². The lowest BCUT2D eigenvalue weighted by Gasteiger charge is -2.12. The van der Waals surface area contributed by atoms with Crippen LogP contribution >= 0.6 is 0 Å². The second kappa shape index (κ2) is 9.35. The number of benzene rings is 1. The monoisotopic (exact) mass is 277 g/mol. The molecule has 0 aromatic heterocycles. The summed E-state index contributed by atoms with van der Waals surface area (Å²) in [5.41, 5.74) is 0.509. The quantitative estimate of drug-likeness (QED) is 0.537. The molecule has 2 N–H and O–H groups in total. The smallest absolute Gasteiger partial charge is 0.170 e. The lowest BCUT2D eigenvalue weighted by atomic mass is 10.1. The van der Waals surface area contributed by atoms with Gasteiger partial charge < -0.3 is 14.9 Å². The molecule has 0 aliphatic heterocycles. The van der Waals surface area contributed by atoms with E-state index in [2.05, 4.69) is 6.92 Å². The van der Waals surface area contributed by atoms with Gasteiger partial charge in [-0.05, 0) is 24.1 Å². The Balaban J connectivity index is 2.34. The Morgan fingerprint density at radius 2 is 1.75 bits per heavy atom. The van der Waals surface area contributed by atoms with Crippen LogP contribution in [0.5, 0.6) is 5.75 Å². The highest BCUT2D eigenvalue weighted by atomic mass is 16.5. The van der Waals surface area contributed by atoms with Gasteiger partial charge in [0.05, 0.1) is 12.7 Å². The van der Waals surface area contributed by atoms with E-state index in [0.29, 0.717) is 12.2 Å². The summed E-state index contributed by atoms with van der Waals surface area (Å²) in [4.78, 5) is 0. The highest BCUT2D eigenvalue weighted by Gasteiger charge is 2.17. The molecule has 1 rings (SSSR count). The average Bonchev–Trinajstić information content (AvgIpc) is 2.50. The van der Waals surface area contributed by atoms with E-state index in [4.69, 9.17) is 10.00 Å². The van der Waals surface area contributed by atoms with Gasteiger partial charge in [0, 0.05) is 0 Å². The van der Waals surface area contributed by atoms with Crippen LogP contribution in [-0.4, -0.2) is 22.9 Å². The molecule has 0 aliphatic rings. The SMILES string of the molecule is CCCCCCCOc1ccc(C(O)C(O)C#N)cc1. The second-order valence-electron chi connectivity index (χ2n) is 4.85. The number of nitrogens with zero attached hydrogens (tertiary/aromatic N) is 1. The fourth-order valence-corrected chi connectivity index (χ4v) is 1.91. The Kier molecular flexibility index (Phi) is 7.71. The number of aliphatic hydroxyl groups excluding tert-OH is 2. The molecule has 0 bridgehead atoms. The van der Waals surface area contributed by atoms with E-state index in [1.54, 1.807) is 30.3 Å². The number of ether oxygens (including phenoxy) is 1. The molecule has 110 valence electrons. The summed E-state index contributed by atoms with van der Waals surface area (Å²) in [6, 6.07) is 8.43. The molecule has 4 nitrogen and oxygen atoms in total. The van der Waals surface area contributed by atoms with Crippen LogP contribution in [0.25, 0.3) is 0 Å².